The molecule has 1 aromatic carbocycles. The highest BCUT2D eigenvalue weighted by atomic mass is 16.1. The van der Waals surface area contributed by atoms with Crippen molar-refractivity contribution in [2.24, 2.45) is 0 Å². The van der Waals surface area contributed by atoms with Crippen molar-refractivity contribution in [3.63, 3.8) is 0 Å². The van der Waals surface area contributed by atoms with Crippen LogP contribution in [0.5, 0.6) is 0 Å². The molecule has 2 aromatic rings. The molecule has 0 bridgehead atoms. The van der Waals surface area contributed by atoms with E-state index in [2.05, 4.69) is 16.4 Å². The highest BCUT2D eigenvalue weighted by molar-refractivity contribution is 5.97. The van der Waals surface area contributed by atoms with Crippen LogP contribution >= 0.6 is 0 Å². The number of rotatable bonds is 4. The van der Waals surface area contributed by atoms with Gasteiger partial charge in [-0.1, -0.05) is 6.07 Å². The minimum atomic E-state index is -0.0409. The molecule has 1 aromatic heterocycles. The molecule has 1 atom stereocenters. The number of benzene rings is 1. The first kappa shape index (κ1) is 12.6. The normalized spacial score (nSPS) is 12.9. The summed E-state index contributed by atoms with van der Waals surface area (Å²) >= 11 is 0. The third-order valence-electron chi connectivity index (χ3n) is 2.75. The van der Waals surface area contributed by atoms with Crippen molar-refractivity contribution < 1.29 is 4.79 Å². The van der Waals surface area contributed by atoms with Crippen LogP contribution in [0.25, 0.3) is 10.9 Å². The third kappa shape index (κ3) is 2.90. The quantitative estimate of drug-likeness (QED) is 0.859. The SMILES string of the molecule is CC(CN(C)C)NC(=O)c1ccc2[c]c[nH]c2c1. The first-order chi connectivity index (χ1) is 8.56. The Morgan fingerprint density at radius 1 is 1.50 bits per heavy atom. The summed E-state index contributed by atoms with van der Waals surface area (Å²) in [7, 11) is 3.98. The molecule has 1 amide bonds. The second kappa shape index (κ2) is 5.23. The predicted octanol–water partition coefficient (Wildman–Crippen LogP) is 1.65. The van der Waals surface area contributed by atoms with Crippen molar-refractivity contribution in [3.05, 3.63) is 36.0 Å². The summed E-state index contributed by atoms with van der Waals surface area (Å²) < 4.78 is 0. The van der Waals surface area contributed by atoms with Crippen LogP contribution in [0, 0.1) is 6.07 Å². The van der Waals surface area contributed by atoms with Gasteiger partial charge in [0.05, 0.1) is 0 Å². The van der Waals surface area contributed by atoms with E-state index in [-0.39, 0.29) is 11.9 Å². The molecule has 0 spiro atoms. The Kier molecular flexibility index (Phi) is 3.67. The Bertz CT molecular complexity index is 545. The number of aromatic amines is 1. The van der Waals surface area contributed by atoms with Gasteiger partial charge >= 0.3 is 0 Å². The number of nitrogens with zero attached hydrogens (tertiary/aromatic N) is 1. The largest absolute Gasteiger partial charge is 0.361 e. The van der Waals surface area contributed by atoms with E-state index in [0.29, 0.717) is 5.56 Å². The van der Waals surface area contributed by atoms with Crippen molar-refractivity contribution >= 4 is 16.8 Å². The highest BCUT2D eigenvalue weighted by Crippen LogP contribution is 2.13. The molecular weight excluding hydrogens is 226 g/mol. The van der Waals surface area contributed by atoms with Gasteiger partial charge < -0.3 is 15.2 Å². The van der Waals surface area contributed by atoms with E-state index in [1.54, 1.807) is 6.20 Å². The summed E-state index contributed by atoms with van der Waals surface area (Å²) in [6.45, 7) is 2.82. The lowest BCUT2D eigenvalue weighted by atomic mass is 10.1. The van der Waals surface area contributed by atoms with Crippen LogP contribution in [0.4, 0.5) is 0 Å². The average molecular weight is 244 g/mol. The van der Waals surface area contributed by atoms with Gasteiger partial charge in [0.2, 0.25) is 0 Å². The van der Waals surface area contributed by atoms with Crippen molar-refractivity contribution in [1.82, 2.24) is 15.2 Å². The summed E-state index contributed by atoms with van der Waals surface area (Å²) in [5.41, 5.74) is 1.60. The van der Waals surface area contributed by atoms with Gasteiger partial charge in [0.25, 0.3) is 5.91 Å². The first-order valence-corrected chi connectivity index (χ1v) is 6.00. The van der Waals surface area contributed by atoms with Crippen LogP contribution in [-0.4, -0.2) is 42.5 Å². The summed E-state index contributed by atoms with van der Waals surface area (Å²) in [6.07, 6.45) is 1.75. The Balaban J connectivity index is 2.08. The number of likely N-dealkylation sites (N-methyl/N-ethyl adjacent to an activating group) is 1. The number of hydrogen-bond donors (Lipinski definition) is 2. The van der Waals surface area contributed by atoms with Gasteiger partial charge in [-0.05, 0) is 33.2 Å². The molecule has 18 heavy (non-hydrogen) atoms. The number of nitrogens with one attached hydrogen (secondary N) is 2. The van der Waals surface area contributed by atoms with Crippen LogP contribution in [0.2, 0.25) is 0 Å². The number of hydrogen-bond acceptors (Lipinski definition) is 2. The van der Waals surface area contributed by atoms with E-state index < -0.39 is 0 Å². The Morgan fingerprint density at radius 2 is 2.28 bits per heavy atom. The fourth-order valence-electron chi connectivity index (χ4n) is 2.02. The summed E-state index contributed by atoms with van der Waals surface area (Å²) in [5.74, 6) is -0.0409. The van der Waals surface area contributed by atoms with Crippen LogP contribution in [0.15, 0.2) is 24.4 Å². The van der Waals surface area contributed by atoms with E-state index in [4.69, 9.17) is 0 Å². The zero-order valence-electron chi connectivity index (χ0n) is 10.9. The number of fused-ring (bicyclic) bond motifs is 1. The van der Waals surface area contributed by atoms with Crippen molar-refractivity contribution in [1.29, 1.82) is 0 Å². The molecule has 1 radical (unpaired) electrons. The Morgan fingerprint density at radius 3 is 3.00 bits per heavy atom. The summed E-state index contributed by atoms with van der Waals surface area (Å²) in [6, 6.07) is 8.76. The van der Waals surface area contributed by atoms with Crippen molar-refractivity contribution in [3.8, 4) is 0 Å². The molecule has 4 heteroatoms. The molecule has 4 nitrogen and oxygen atoms in total. The molecule has 2 N–H and O–H groups in total. The molecule has 1 unspecified atom stereocenters. The van der Waals surface area contributed by atoms with Gasteiger partial charge in [-0.25, -0.2) is 0 Å². The van der Waals surface area contributed by atoms with Crippen LogP contribution in [-0.2, 0) is 0 Å². The van der Waals surface area contributed by atoms with Crippen LogP contribution in [0.1, 0.15) is 17.3 Å². The van der Waals surface area contributed by atoms with Gasteiger partial charge in [0, 0.05) is 41.3 Å². The summed E-state index contributed by atoms with van der Waals surface area (Å²) in [5, 5.41) is 3.97. The van der Waals surface area contributed by atoms with E-state index in [1.165, 1.54) is 0 Å². The van der Waals surface area contributed by atoms with Gasteiger partial charge in [0.15, 0.2) is 0 Å². The first-order valence-electron chi connectivity index (χ1n) is 6.00. The standard InChI is InChI=1S/C14H18N3O/c1-10(9-17(2)3)16-14(18)12-5-4-11-6-7-15-13(11)8-12/h4-5,7-8,10,15H,9H2,1-3H3,(H,16,18). The topological polar surface area (TPSA) is 48.1 Å². The molecule has 95 valence electrons. The number of carbonyl (C=O) groups is 1. The molecule has 0 aliphatic heterocycles. The molecule has 0 saturated carbocycles. The zero-order chi connectivity index (χ0) is 13.1. The predicted molar refractivity (Wildman–Crippen MR) is 72.6 cm³/mol. The third-order valence-corrected chi connectivity index (χ3v) is 2.75. The monoisotopic (exact) mass is 244 g/mol. The van der Waals surface area contributed by atoms with Gasteiger partial charge in [-0.15, -0.1) is 0 Å². The van der Waals surface area contributed by atoms with Crippen molar-refractivity contribution in [2.45, 2.75) is 13.0 Å². The lowest BCUT2D eigenvalue weighted by Gasteiger charge is -2.18. The number of carbonyl (C=O) groups excluding carboxylic acids is 1. The fourth-order valence-corrected chi connectivity index (χ4v) is 2.02. The molecular formula is C14H18N3O. The van der Waals surface area contributed by atoms with E-state index in [1.807, 2.05) is 44.1 Å². The van der Waals surface area contributed by atoms with Crippen molar-refractivity contribution in [2.75, 3.05) is 20.6 Å². The minimum Gasteiger partial charge on any atom is -0.361 e. The van der Waals surface area contributed by atoms with Crippen LogP contribution in [0.3, 0.4) is 0 Å². The van der Waals surface area contributed by atoms with Crippen LogP contribution < -0.4 is 5.32 Å². The zero-order valence-corrected chi connectivity index (χ0v) is 10.9. The number of aromatic nitrogens is 1. The van der Waals surface area contributed by atoms with Gasteiger partial charge in [0.1, 0.15) is 0 Å². The van der Waals surface area contributed by atoms with E-state index in [9.17, 15) is 4.79 Å². The molecule has 2 rings (SSSR count). The molecule has 0 saturated heterocycles. The maximum absolute atomic E-state index is 12.0. The molecule has 0 aliphatic carbocycles. The highest BCUT2D eigenvalue weighted by Gasteiger charge is 2.11. The second-order valence-electron chi connectivity index (χ2n) is 4.83. The molecule has 0 fully saturated rings. The maximum Gasteiger partial charge on any atom is 0.251 e. The molecule has 1 heterocycles. The lowest BCUT2D eigenvalue weighted by Crippen LogP contribution is -2.39. The Hall–Kier alpha value is -1.81. The maximum atomic E-state index is 12.0. The molecule has 0 aliphatic rings. The van der Waals surface area contributed by atoms with E-state index >= 15 is 0 Å². The van der Waals surface area contributed by atoms with E-state index in [0.717, 1.165) is 17.4 Å². The lowest BCUT2D eigenvalue weighted by molar-refractivity contribution is 0.0934. The number of H-pyrrole nitrogens is 1. The minimum absolute atomic E-state index is 0.0409. The van der Waals surface area contributed by atoms with Gasteiger partial charge in [-0.3, -0.25) is 4.79 Å². The second-order valence-corrected chi connectivity index (χ2v) is 4.83. The Labute approximate surface area is 107 Å². The smallest absolute Gasteiger partial charge is 0.251 e. The average Bonchev–Trinajstić information content (AvgIpc) is 2.74. The number of amides is 1. The summed E-state index contributed by atoms with van der Waals surface area (Å²) in [4.78, 5) is 17.2. The fraction of sp³-hybridized carbons (Fsp3) is 0.357. The van der Waals surface area contributed by atoms with Gasteiger partial charge in [-0.2, -0.15) is 0 Å².